The second-order valence-electron chi connectivity index (χ2n) is 4.61. The lowest BCUT2D eigenvalue weighted by atomic mass is 10.2. The zero-order chi connectivity index (χ0) is 14.9. The fourth-order valence-corrected chi connectivity index (χ4v) is 4.30. The van der Waals surface area contributed by atoms with Gasteiger partial charge in [0.1, 0.15) is 10.0 Å². The minimum atomic E-state index is -3.66. The second kappa shape index (κ2) is 5.51. The SMILES string of the molecule is Cc1cc(C)nc(NS(=O)(=O)c2cc(C)c(CO)s2)c1. The minimum Gasteiger partial charge on any atom is -0.391 e. The highest BCUT2D eigenvalue weighted by atomic mass is 32.2. The zero-order valence-corrected chi connectivity index (χ0v) is 13.1. The third-order valence-corrected chi connectivity index (χ3v) is 5.79. The van der Waals surface area contributed by atoms with E-state index in [0.717, 1.165) is 28.2 Å². The van der Waals surface area contributed by atoms with E-state index in [2.05, 4.69) is 9.71 Å². The summed E-state index contributed by atoms with van der Waals surface area (Å²) in [7, 11) is -3.66. The first-order valence-corrected chi connectivity index (χ1v) is 8.30. The van der Waals surface area contributed by atoms with Crippen molar-refractivity contribution in [3.8, 4) is 0 Å². The van der Waals surface area contributed by atoms with Crippen LogP contribution in [-0.2, 0) is 16.6 Å². The van der Waals surface area contributed by atoms with Crippen LogP contribution in [0.15, 0.2) is 22.4 Å². The first kappa shape index (κ1) is 15.0. The van der Waals surface area contributed by atoms with E-state index in [1.807, 2.05) is 19.9 Å². The van der Waals surface area contributed by atoms with Gasteiger partial charge in [0.2, 0.25) is 0 Å². The van der Waals surface area contributed by atoms with Crippen molar-refractivity contribution in [2.24, 2.45) is 0 Å². The molecule has 0 atom stereocenters. The summed E-state index contributed by atoms with van der Waals surface area (Å²) >= 11 is 1.07. The van der Waals surface area contributed by atoms with Crippen molar-refractivity contribution in [3.05, 3.63) is 39.9 Å². The van der Waals surface area contributed by atoms with E-state index in [9.17, 15) is 8.42 Å². The van der Waals surface area contributed by atoms with Gasteiger partial charge in [0.15, 0.2) is 0 Å². The van der Waals surface area contributed by atoms with Crippen molar-refractivity contribution in [1.29, 1.82) is 0 Å². The van der Waals surface area contributed by atoms with E-state index in [4.69, 9.17) is 5.11 Å². The molecule has 0 saturated carbocycles. The molecule has 0 aliphatic carbocycles. The van der Waals surface area contributed by atoms with Crippen molar-refractivity contribution in [2.45, 2.75) is 31.6 Å². The molecular weight excluding hydrogens is 296 g/mol. The predicted molar refractivity (Wildman–Crippen MR) is 79.5 cm³/mol. The number of aliphatic hydroxyl groups excluding tert-OH is 1. The van der Waals surface area contributed by atoms with Gasteiger partial charge in [-0.15, -0.1) is 11.3 Å². The minimum absolute atomic E-state index is 0.159. The molecule has 0 saturated heterocycles. The van der Waals surface area contributed by atoms with E-state index < -0.39 is 10.0 Å². The number of nitrogens with one attached hydrogen (secondary N) is 1. The molecule has 0 aliphatic heterocycles. The van der Waals surface area contributed by atoms with E-state index >= 15 is 0 Å². The largest absolute Gasteiger partial charge is 0.391 e. The summed E-state index contributed by atoms with van der Waals surface area (Å²) in [5.74, 6) is 0.305. The molecule has 0 amide bonds. The number of aryl methyl sites for hydroxylation is 3. The number of nitrogens with zero attached hydrogens (tertiary/aromatic N) is 1. The average Bonchev–Trinajstić information content (AvgIpc) is 2.69. The molecule has 5 nitrogen and oxygen atoms in total. The van der Waals surface area contributed by atoms with Crippen LogP contribution in [0.1, 0.15) is 21.7 Å². The van der Waals surface area contributed by atoms with Crippen LogP contribution in [0.2, 0.25) is 0 Å². The number of rotatable bonds is 4. The van der Waals surface area contributed by atoms with E-state index in [1.54, 1.807) is 19.1 Å². The lowest BCUT2D eigenvalue weighted by Gasteiger charge is -2.07. The summed E-state index contributed by atoms with van der Waals surface area (Å²) < 4.78 is 27.2. The van der Waals surface area contributed by atoms with E-state index in [1.165, 1.54) is 0 Å². The molecule has 0 bridgehead atoms. The maximum atomic E-state index is 12.3. The fourth-order valence-electron chi connectivity index (χ4n) is 1.86. The van der Waals surface area contributed by atoms with Crippen molar-refractivity contribution in [2.75, 3.05) is 4.72 Å². The van der Waals surface area contributed by atoms with Crippen LogP contribution in [0.3, 0.4) is 0 Å². The summed E-state index contributed by atoms with van der Waals surface area (Å²) in [5.41, 5.74) is 2.46. The third kappa shape index (κ3) is 3.17. The molecule has 108 valence electrons. The first-order chi connectivity index (χ1) is 9.31. The van der Waals surface area contributed by atoms with Gasteiger partial charge in [0.25, 0.3) is 10.0 Å². The summed E-state index contributed by atoms with van der Waals surface area (Å²) in [6.07, 6.45) is 0. The lowest BCUT2D eigenvalue weighted by molar-refractivity contribution is 0.285. The molecule has 0 aromatic carbocycles. The highest BCUT2D eigenvalue weighted by Gasteiger charge is 2.19. The van der Waals surface area contributed by atoms with Crippen LogP contribution in [-0.4, -0.2) is 18.5 Å². The number of aromatic nitrogens is 1. The number of sulfonamides is 1. The molecule has 0 unspecified atom stereocenters. The number of anilines is 1. The molecule has 2 aromatic rings. The lowest BCUT2D eigenvalue weighted by Crippen LogP contribution is -2.13. The zero-order valence-electron chi connectivity index (χ0n) is 11.5. The van der Waals surface area contributed by atoms with Gasteiger partial charge in [0.05, 0.1) is 6.61 Å². The van der Waals surface area contributed by atoms with Gasteiger partial charge in [-0.25, -0.2) is 13.4 Å². The van der Waals surface area contributed by atoms with Gasteiger partial charge >= 0.3 is 0 Å². The van der Waals surface area contributed by atoms with Crippen molar-refractivity contribution >= 4 is 27.2 Å². The van der Waals surface area contributed by atoms with Gasteiger partial charge in [0, 0.05) is 10.6 Å². The summed E-state index contributed by atoms with van der Waals surface area (Å²) in [6, 6.07) is 5.11. The Morgan fingerprint density at radius 3 is 2.50 bits per heavy atom. The van der Waals surface area contributed by atoms with Crippen LogP contribution < -0.4 is 4.72 Å². The highest BCUT2D eigenvalue weighted by Crippen LogP contribution is 2.27. The maximum absolute atomic E-state index is 12.3. The van der Waals surface area contributed by atoms with E-state index in [-0.39, 0.29) is 10.8 Å². The Morgan fingerprint density at radius 1 is 1.25 bits per heavy atom. The maximum Gasteiger partial charge on any atom is 0.272 e. The molecule has 7 heteroatoms. The Morgan fingerprint density at radius 2 is 1.95 bits per heavy atom. The summed E-state index contributed by atoms with van der Waals surface area (Å²) in [5, 5.41) is 9.14. The predicted octanol–water partition coefficient (Wildman–Crippen LogP) is 2.36. The summed E-state index contributed by atoms with van der Waals surface area (Å²) in [4.78, 5) is 4.81. The number of thiophene rings is 1. The Bertz CT molecular complexity index is 716. The third-order valence-electron chi connectivity index (χ3n) is 2.74. The Hall–Kier alpha value is -1.44. The van der Waals surface area contributed by atoms with Crippen LogP contribution >= 0.6 is 11.3 Å². The molecule has 0 spiro atoms. The Kier molecular flexibility index (Phi) is 4.12. The first-order valence-electron chi connectivity index (χ1n) is 6.00. The van der Waals surface area contributed by atoms with Crippen LogP contribution in [0.4, 0.5) is 5.82 Å². The standard InChI is InChI=1S/C13H16N2O3S2/c1-8-4-10(3)14-12(5-8)15-20(17,18)13-6-9(2)11(7-16)19-13/h4-6,16H,7H2,1-3H3,(H,14,15). The highest BCUT2D eigenvalue weighted by molar-refractivity contribution is 7.94. The molecule has 0 fully saturated rings. The number of hydrogen-bond donors (Lipinski definition) is 2. The molecule has 2 heterocycles. The monoisotopic (exact) mass is 312 g/mol. The quantitative estimate of drug-likeness (QED) is 0.908. The Labute approximate surface area is 122 Å². The molecule has 0 radical (unpaired) electrons. The number of aliphatic hydroxyl groups is 1. The molecule has 2 N–H and O–H groups in total. The topological polar surface area (TPSA) is 79.3 Å². The molecule has 2 rings (SSSR count). The van der Waals surface area contributed by atoms with Crippen molar-refractivity contribution < 1.29 is 13.5 Å². The average molecular weight is 312 g/mol. The molecular formula is C13H16N2O3S2. The van der Waals surface area contributed by atoms with Crippen molar-refractivity contribution in [3.63, 3.8) is 0 Å². The fraction of sp³-hybridized carbons (Fsp3) is 0.308. The second-order valence-corrected chi connectivity index (χ2v) is 7.65. The van der Waals surface area contributed by atoms with Crippen LogP contribution in [0.25, 0.3) is 0 Å². The number of hydrogen-bond acceptors (Lipinski definition) is 5. The van der Waals surface area contributed by atoms with Gasteiger partial charge < -0.3 is 5.11 Å². The molecule has 20 heavy (non-hydrogen) atoms. The smallest absolute Gasteiger partial charge is 0.272 e. The normalized spacial score (nSPS) is 11.6. The number of pyridine rings is 1. The van der Waals surface area contributed by atoms with Gasteiger partial charge in [-0.2, -0.15) is 0 Å². The van der Waals surface area contributed by atoms with Gasteiger partial charge in [-0.3, -0.25) is 4.72 Å². The van der Waals surface area contributed by atoms with E-state index in [0.29, 0.717) is 10.7 Å². The summed E-state index contributed by atoms with van der Waals surface area (Å²) in [6.45, 7) is 5.31. The van der Waals surface area contributed by atoms with Crippen LogP contribution in [0.5, 0.6) is 0 Å². The molecule has 0 aliphatic rings. The Balaban J connectivity index is 2.35. The van der Waals surface area contributed by atoms with Crippen LogP contribution in [0, 0.1) is 20.8 Å². The van der Waals surface area contributed by atoms with Gasteiger partial charge in [-0.05, 0) is 50.1 Å². The van der Waals surface area contributed by atoms with Gasteiger partial charge in [-0.1, -0.05) is 0 Å². The molecule has 2 aromatic heterocycles. The van der Waals surface area contributed by atoms with Crippen molar-refractivity contribution in [1.82, 2.24) is 4.98 Å².